The number of hydrogen-bond donors (Lipinski definition) is 1. The number of aromatic nitrogens is 1. The minimum Gasteiger partial charge on any atom is -0.493 e. The fourth-order valence-electron chi connectivity index (χ4n) is 2.60. The molecule has 27 heavy (non-hydrogen) atoms. The van der Waals surface area contributed by atoms with Crippen molar-refractivity contribution < 1.29 is 14.3 Å². The number of nitrogens with zero attached hydrogens (tertiary/aromatic N) is 2. The van der Waals surface area contributed by atoms with Crippen LogP contribution in [0.3, 0.4) is 0 Å². The van der Waals surface area contributed by atoms with Crippen molar-refractivity contribution >= 4 is 33.4 Å². The van der Waals surface area contributed by atoms with Crippen LogP contribution in [0.25, 0.3) is 10.2 Å². The van der Waals surface area contributed by atoms with E-state index >= 15 is 0 Å². The number of hydrogen-bond acceptors (Lipinski definition) is 5. The molecule has 0 unspecified atom stereocenters. The standard InChI is InChI=1S/C20H21N3O3S/c1-3-26-16-10-6-4-8-14(16)20(25)21-12-19(24)23(2)13-18-22-15-9-5-7-11-17(15)27-18/h4-11H,3,12-13H2,1-2H3,(H,21,25). The third kappa shape index (κ3) is 4.62. The molecule has 0 atom stereocenters. The van der Waals surface area contributed by atoms with Crippen LogP contribution in [0, 0.1) is 0 Å². The van der Waals surface area contributed by atoms with Crippen molar-refractivity contribution in [1.29, 1.82) is 0 Å². The molecule has 0 aliphatic heterocycles. The largest absolute Gasteiger partial charge is 0.493 e. The van der Waals surface area contributed by atoms with Gasteiger partial charge in [-0.1, -0.05) is 24.3 Å². The van der Waals surface area contributed by atoms with Crippen LogP contribution >= 0.6 is 11.3 Å². The number of nitrogens with one attached hydrogen (secondary N) is 1. The van der Waals surface area contributed by atoms with Gasteiger partial charge < -0.3 is 15.0 Å². The Morgan fingerprint density at radius 1 is 1.15 bits per heavy atom. The summed E-state index contributed by atoms with van der Waals surface area (Å²) in [4.78, 5) is 30.8. The molecule has 1 aromatic heterocycles. The van der Waals surface area contributed by atoms with Crippen LogP contribution in [-0.2, 0) is 11.3 Å². The maximum absolute atomic E-state index is 12.4. The number of amides is 2. The van der Waals surface area contributed by atoms with Gasteiger partial charge in [-0.2, -0.15) is 0 Å². The molecule has 0 bridgehead atoms. The Labute approximate surface area is 161 Å². The van der Waals surface area contributed by atoms with E-state index in [1.807, 2.05) is 31.2 Å². The zero-order chi connectivity index (χ0) is 19.2. The Bertz CT molecular complexity index is 921. The second-order valence-corrected chi connectivity index (χ2v) is 7.05. The summed E-state index contributed by atoms with van der Waals surface area (Å²) < 4.78 is 6.55. The second-order valence-electron chi connectivity index (χ2n) is 5.94. The summed E-state index contributed by atoms with van der Waals surface area (Å²) in [5.74, 6) is -0.00920. The Morgan fingerprint density at radius 2 is 1.89 bits per heavy atom. The number of likely N-dealkylation sites (N-methyl/N-ethyl adjacent to an activating group) is 1. The lowest BCUT2D eigenvalue weighted by Gasteiger charge is -2.16. The van der Waals surface area contributed by atoms with Gasteiger partial charge in [0.15, 0.2) is 0 Å². The quantitative estimate of drug-likeness (QED) is 0.681. The summed E-state index contributed by atoms with van der Waals surface area (Å²) in [6.45, 7) is 2.65. The Hall–Kier alpha value is -2.93. The summed E-state index contributed by atoms with van der Waals surface area (Å²) >= 11 is 1.56. The van der Waals surface area contributed by atoms with Crippen molar-refractivity contribution in [2.24, 2.45) is 0 Å². The van der Waals surface area contributed by atoms with Crippen molar-refractivity contribution in [2.45, 2.75) is 13.5 Å². The zero-order valence-corrected chi connectivity index (χ0v) is 16.1. The monoisotopic (exact) mass is 383 g/mol. The number of thiazole rings is 1. The molecule has 0 saturated carbocycles. The van der Waals surface area contributed by atoms with E-state index < -0.39 is 0 Å². The maximum atomic E-state index is 12.4. The molecule has 1 N–H and O–H groups in total. The molecule has 0 radical (unpaired) electrons. The van der Waals surface area contributed by atoms with Gasteiger partial charge in [-0.15, -0.1) is 11.3 Å². The van der Waals surface area contributed by atoms with Crippen LogP contribution in [0.1, 0.15) is 22.3 Å². The van der Waals surface area contributed by atoms with Gasteiger partial charge in [-0.25, -0.2) is 4.98 Å². The molecule has 2 amide bonds. The number of carbonyl (C=O) groups excluding carboxylic acids is 2. The van der Waals surface area contributed by atoms with E-state index in [1.165, 1.54) is 0 Å². The van der Waals surface area contributed by atoms with E-state index in [0.29, 0.717) is 24.5 Å². The van der Waals surface area contributed by atoms with Gasteiger partial charge >= 0.3 is 0 Å². The van der Waals surface area contributed by atoms with Crippen LogP contribution in [0.5, 0.6) is 5.75 Å². The summed E-state index contributed by atoms with van der Waals surface area (Å²) in [5, 5.41) is 3.52. The highest BCUT2D eigenvalue weighted by Gasteiger charge is 2.16. The number of carbonyl (C=O) groups is 2. The predicted octanol–water partition coefficient (Wildman–Crippen LogP) is 3.08. The lowest BCUT2D eigenvalue weighted by molar-refractivity contribution is -0.129. The van der Waals surface area contributed by atoms with E-state index in [9.17, 15) is 9.59 Å². The van der Waals surface area contributed by atoms with E-state index in [2.05, 4.69) is 10.3 Å². The summed E-state index contributed by atoms with van der Waals surface area (Å²) in [6, 6.07) is 14.8. The fraction of sp³-hybridized carbons (Fsp3) is 0.250. The van der Waals surface area contributed by atoms with Crippen molar-refractivity contribution in [3.8, 4) is 5.75 Å². The highest BCUT2D eigenvalue weighted by molar-refractivity contribution is 7.18. The molecule has 1 heterocycles. The third-order valence-corrected chi connectivity index (χ3v) is 4.99. The normalized spacial score (nSPS) is 10.6. The summed E-state index contributed by atoms with van der Waals surface area (Å²) in [7, 11) is 1.70. The zero-order valence-electron chi connectivity index (χ0n) is 15.3. The van der Waals surface area contributed by atoms with Gasteiger partial charge in [0.2, 0.25) is 5.91 Å². The SMILES string of the molecule is CCOc1ccccc1C(=O)NCC(=O)N(C)Cc1nc2ccccc2s1. The van der Waals surface area contributed by atoms with Gasteiger partial charge in [0.05, 0.1) is 35.5 Å². The minimum absolute atomic E-state index is 0.0827. The van der Waals surface area contributed by atoms with Gasteiger partial charge in [0, 0.05) is 7.05 Å². The van der Waals surface area contributed by atoms with Gasteiger partial charge in [-0.05, 0) is 31.2 Å². The molecule has 2 aromatic carbocycles. The number of fused-ring (bicyclic) bond motifs is 1. The molecule has 7 heteroatoms. The van der Waals surface area contributed by atoms with Crippen molar-refractivity contribution in [2.75, 3.05) is 20.2 Å². The number of para-hydroxylation sites is 2. The first kappa shape index (κ1) is 18.8. The van der Waals surface area contributed by atoms with E-state index in [-0.39, 0.29) is 18.4 Å². The van der Waals surface area contributed by atoms with Crippen LogP contribution in [0.2, 0.25) is 0 Å². The molecule has 3 rings (SSSR count). The van der Waals surface area contributed by atoms with Crippen LogP contribution < -0.4 is 10.1 Å². The first-order chi connectivity index (χ1) is 13.1. The highest BCUT2D eigenvalue weighted by Crippen LogP contribution is 2.22. The number of benzene rings is 2. The van der Waals surface area contributed by atoms with Crippen LogP contribution in [-0.4, -0.2) is 41.9 Å². The molecule has 0 aliphatic rings. The van der Waals surface area contributed by atoms with E-state index in [1.54, 1.807) is 47.5 Å². The lowest BCUT2D eigenvalue weighted by Crippen LogP contribution is -2.37. The first-order valence-electron chi connectivity index (χ1n) is 8.67. The topological polar surface area (TPSA) is 71.5 Å². The molecule has 0 spiro atoms. The summed E-state index contributed by atoms with van der Waals surface area (Å²) in [5.41, 5.74) is 1.35. The Morgan fingerprint density at radius 3 is 2.67 bits per heavy atom. The molecule has 0 saturated heterocycles. The van der Waals surface area contributed by atoms with Gasteiger partial charge in [-0.3, -0.25) is 9.59 Å². The Kier molecular flexibility index (Phi) is 6.03. The molecular weight excluding hydrogens is 362 g/mol. The third-order valence-electron chi connectivity index (χ3n) is 3.97. The van der Waals surface area contributed by atoms with Crippen molar-refractivity contribution in [3.63, 3.8) is 0 Å². The number of rotatable bonds is 7. The molecule has 6 nitrogen and oxygen atoms in total. The fourth-order valence-corrected chi connectivity index (χ4v) is 3.62. The smallest absolute Gasteiger partial charge is 0.255 e. The van der Waals surface area contributed by atoms with Crippen LogP contribution in [0.15, 0.2) is 48.5 Å². The minimum atomic E-state index is -0.333. The van der Waals surface area contributed by atoms with Gasteiger partial charge in [0.25, 0.3) is 5.91 Å². The van der Waals surface area contributed by atoms with E-state index in [0.717, 1.165) is 15.2 Å². The maximum Gasteiger partial charge on any atom is 0.255 e. The first-order valence-corrected chi connectivity index (χ1v) is 9.48. The van der Waals surface area contributed by atoms with E-state index in [4.69, 9.17) is 4.74 Å². The second kappa shape index (κ2) is 8.64. The predicted molar refractivity (Wildman–Crippen MR) is 106 cm³/mol. The molecule has 0 aliphatic carbocycles. The van der Waals surface area contributed by atoms with Crippen molar-refractivity contribution in [3.05, 3.63) is 59.1 Å². The molecule has 3 aromatic rings. The highest BCUT2D eigenvalue weighted by atomic mass is 32.1. The molecular formula is C20H21N3O3S. The summed E-state index contributed by atoms with van der Waals surface area (Å²) in [6.07, 6.45) is 0. The average molecular weight is 383 g/mol. The number of ether oxygens (including phenoxy) is 1. The molecule has 140 valence electrons. The van der Waals surface area contributed by atoms with Crippen molar-refractivity contribution in [1.82, 2.24) is 15.2 Å². The molecule has 0 fully saturated rings. The Balaban J connectivity index is 1.57. The van der Waals surface area contributed by atoms with Gasteiger partial charge in [0.1, 0.15) is 10.8 Å². The van der Waals surface area contributed by atoms with Crippen LogP contribution in [0.4, 0.5) is 0 Å². The average Bonchev–Trinajstić information content (AvgIpc) is 3.08. The lowest BCUT2D eigenvalue weighted by atomic mass is 10.2.